The molecule has 0 unspecified atom stereocenters. The van der Waals surface area contributed by atoms with Gasteiger partial charge in [0.1, 0.15) is 0 Å². The lowest BCUT2D eigenvalue weighted by Gasteiger charge is -1.87. The van der Waals surface area contributed by atoms with Crippen molar-refractivity contribution in [1.82, 2.24) is 4.37 Å². The highest BCUT2D eigenvalue weighted by molar-refractivity contribution is 7.06. The molecular formula is C6H7NO2S. The van der Waals surface area contributed by atoms with Gasteiger partial charge in [0.05, 0.1) is 0 Å². The molecule has 0 aliphatic rings. The smallest absolute Gasteiger partial charge is 0.355 e. The van der Waals surface area contributed by atoms with Crippen molar-refractivity contribution in [2.75, 3.05) is 0 Å². The largest absolute Gasteiger partial charge is 0.476 e. The van der Waals surface area contributed by atoms with Crippen LogP contribution in [0, 0.1) is 13.8 Å². The Labute approximate surface area is 62.5 Å². The number of aromatic carboxylic acids is 1. The minimum Gasteiger partial charge on any atom is -0.476 e. The molecule has 0 aliphatic heterocycles. The summed E-state index contributed by atoms with van der Waals surface area (Å²) in [7, 11) is 0. The minimum atomic E-state index is -0.943. The van der Waals surface area contributed by atoms with Gasteiger partial charge in [-0.2, -0.15) is 4.37 Å². The first-order valence-electron chi connectivity index (χ1n) is 2.79. The molecule has 0 fully saturated rings. The number of nitrogens with zero attached hydrogens (tertiary/aromatic N) is 1. The SMILES string of the molecule is Cc1snc(C(=O)O)c1C. The van der Waals surface area contributed by atoms with E-state index in [2.05, 4.69) is 4.37 Å². The molecule has 3 nitrogen and oxygen atoms in total. The maximum Gasteiger partial charge on any atom is 0.355 e. The van der Waals surface area contributed by atoms with Crippen LogP contribution >= 0.6 is 11.5 Å². The number of aromatic nitrogens is 1. The first kappa shape index (κ1) is 7.21. The minimum absolute atomic E-state index is 0.183. The second-order valence-corrected chi connectivity index (χ2v) is 3.00. The number of aryl methyl sites for hydroxylation is 1. The normalized spacial score (nSPS) is 9.80. The first-order valence-corrected chi connectivity index (χ1v) is 3.56. The van der Waals surface area contributed by atoms with Crippen molar-refractivity contribution in [2.45, 2.75) is 13.8 Å². The fourth-order valence-electron chi connectivity index (χ4n) is 0.617. The van der Waals surface area contributed by atoms with Crippen LogP contribution in [-0.2, 0) is 0 Å². The molecule has 0 radical (unpaired) electrons. The van der Waals surface area contributed by atoms with Crippen molar-refractivity contribution in [3.63, 3.8) is 0 Å². The van der Waals surface area contributed by atoms with Crippen LogP contribution in [0.3, 0.4) is 0 Å². The molecule has 1 rings (SSSR count). The predicted octanol–water partition coefficient (Wildman–Crippen LogP) is 1.46. The molecule has 0 amide bonds. The Morgan fingerprint density at radius 2 is 2.20 bits per heavy atom. The lowest BCUT2D eigenvalue weighted by molar-refractivity contribution is 0.0691. The highest BCUT2D eigenvalue weighted by atomic mass is 32.1. The number of hydrogen-bond donors (Lipinski definition) is 1. The summed E-state index contributed by atoms with van der Waals surface area (Å²) < 4.78 is 3.76. The van der Waals surface area contributed by atoms with Crippen LogP contribution in [0.15, 0.2) is 0 Å². The summed E-state index contributed by atoms with van der Waals surface area (Å²) in [4.78, 5) is 11.3. The molecule has 0 saturated heterocycles. The predicted molar refractivity (Wildman–Crippen MR) is 38.5 cm³/mol. The van der Waals surface area contributed by atoms with E-state index in [1.807, 2.05) is 6.92 Å². The molecule has 10 heavy (non-hydrogen) atoms. The van der Waals surface area contributed by atoms with E-state index in [0.29, 0.717) is 0 Å². The molecule has 0 atom stereocenters. The van der Waals surface area contributed by atoms with Crippen LogP contribution in [0.2, 0.25) is 0 Å². The number of carboxylic acid groups (broad SMARTS) is 1. The molecule has 1 N–H and O–H groups in total. The molecule has 0 saturated carbocycles. The first-order chi connectivity index (χ1) is 4.63. The fourth-order valence-corrected chi connectivity index (χ4v) is 1.29. The van der Waals surface area contributed by atoms with Gasteiger partial charge in [-0.1, -0.05) is 0 Å². The zero-order chi connectivity index (χ0) is 7.72. The summed E-state index contributed by atoms with van der Waals surface area (Å²) in [6, 6.07) is 0. The number of carboxylic acids is 1. The quantitative estimate of drug-likeness (QED) is 0.671. The van der Waals surface area contributed by atoms with E-state index in [1.165, 1.54) is 11.5 Å². The summed E-state index contributed by atoms with van der Waals surface area (Å²) in [6.45, 7) is 3.63. The van der Waals surface area contributed by atoms with E-state index < -0.39 is 5.97 Å². The van der Waals surface area contributed by atoms with Gasteiger partial charge in [-0.25, -0.2) is 4.79 Å². The number of hydrogen-bond acceptors (Lipinski definition) is 3. The van der Waals surface area contributed by atoms with Gasteiger partial charge in [-0.3, -0.25) is 0 Å². The fraction of sp³-hybridized carbons (Fsp3) is 0.333. The zero-order valence-corrected chi connectivity index (χ0v) is 6.53. The molecule has 1 aromatic rings. The maximum absolute atomic E-state index is 10.4. The monoisotopic (exact) mass is 157 g/mol. The van der Waals surface area contributed by atoms with Crippen LogP contribution in [0.1, 0.15) is 20.9 Å². The van der Waals surface area contributed by atoms with Gasteiger partial charge >= 0.3 is 5.97 Å². The van der Waals surface area contributed by atoms with Gasteiger partial charge in [-0.15, -0.1) is 0 Å². The summed E-state index contributed by atoms with van der Waals surface area (Å²) in [5.41, 5.74) is 0.958. The Bertz CT molecular complexity index is 267. The Hall–Kier alpha value is -0.900. The highest BCUT2D eigenvalue weighted by Crippen LogP contribution is 2.15. The lowest BCUT2D eigenvalue weighted by atomic mass is 10.2. The Morgan fingerprint density at radius 1 is 1.60 bits per heavy atom. The molecular weight excluding hydrogens is 150 g/mol. The summed E-state index contributed by atoms with van der Waals surface area (Å²) in [5.74, 6) is -0.943. The highest BCUT2D eigenvalue weighted by Gasteiger charge is 2.11. The second-order valence-electron chi connectivity index (χ2n) is 2.02. The Morgan fingerprint density at radius 3 is 2.40 bits per heavy atom. The number of rotatable bonds is 1. The van der Waals surface area contributed by atoms with Crippen LogP contribution < -0.4 is 0 Å². The molecule has 0 bridgehead atoms. The molecule has 0 spiro atoms. The van der Waals surface area contributed by atoms with Gasteiger partial charge in [0.25, 0.3) is 0 Å². The number of carbonyl (C=O) groups is 1. The van der Waals surface area contributed by atoms with E-state index in [-0.39, 0.29) is 5.69 Å². The van der Waals surface area contributed by atoms with Crippen molar-refractivity contribution in [1.29, 1.82) is 0 Å². The van der Waals surface area contributed by atoms with Gasteiger partial charge in [0, 0.05) is 4.88 Å². The van der Waals surface area contributed by atoms with Crippen molar-refractivity contribution < 1.29 is 9.90 Å². The molecule has 1 aromatic heterocycles. The van der Waals surface area contributed by atoms with Crippen LogP contribution in [0.4, 0.5) is 0 Å². The Kier molecular flexibility index (Phi) is 1.72. The molecule has 4 heteroatoms. The topological polar surface area (TPSA) is 50.2 Å². The van der Waals surface area contributed by atoms with Crippen molar-refractivity contribution in [3.05, 3.63) is 16.1 Å². The van der Waals surface area contributed by atoms with E-state index >= 15 is 0 Å². The second kappa shape index (κ2) is 2.38. The van der Waals surface area contributed by atoms with Gasteiger partial charge < -0.3 is 5.11 Å². The maximum atomic E-state index is 10.4. The van der Waals surface area contributed by atoms with Crippen LogP contribution in [-0.4, -0.2) is 15.4 Å². The van der Waals surface area contributed by atoms with Crippen molar-refractivity contribution in [2.24, 2.45) is 0 Å². The van der Waals surface area contributed by atoms with E-state index in [9.17, 15) is 4.79 Å². The summed E-state index contributed by atoms with van der Waals surface area (Å²) in [6.07, 6.45) is 0. The van der Waals surface area contributed by atoms with E-state index in [1.54, 1.807) is 6.92 Å². The van der Waals surface area contributed by atoms with Gasteiger partial charge in [0.15, 0.2) is 5.69 Å². The zero-order valence-electron chi connectivity index (χ0n) is 5.71. The average Bonchev–Trinajstić information content (AvgIpc) is 2.14. The lowest BCUT2D eigenvalue weighted by Crippen LogP contribution is -1.98. The van der Waals surface area contributed by atoms with Gasteiger partial charge in [0.2, 0.25) is 0 Å². The van der Waals surface area contributed by atoms with Crippen LogP contribution in [0.5, 0.6) is 0 Å². The summed E-state index contributed by atoms with van der Waals surface area (Å²) >= 11 is 1.23. The third-order valence-corrected chi connectivity index (χ3v) is 2.21. The molecule has 0 aliphatic carbocycles. The van der Waals surface area contributed by atoms with Crippen LogP contribution in [0.25, 0.3) is 0 Å². The molecule has 0 aromatic carbocycles. The average molecular weight is 157 g/mol. The molecule has 1 heterocycles. The third kappa shape index (κ3) is 1.02. The molecule has 54 valence electrons. The van der Waals surface area contributed by atoms with Crippen molar-refractivity contribution >= 4 is 17.5 Å². The van der Waals surface area contributed by atoms with Gasteiger partial charge in [-0.05, 0) is 30.9 Å². The van der Waals surface area contributed by atoms with Crippen molar-refractivity contribution in [3.8, 4) is 0 Å². The third-order valence-electron chi connectivity index (χ3n) is 1.36. The summed E-state index contributed by atoms with van der Waals surface area (Å²) in [5, 5.41) is 8.52. The van der Waals surface area contributed by atoms with E-state index in [0.717, 1.165) is 10.4 Å². The standard InChI is InChI=1S/C6H7NO2S/c1-3-4(2)10-7-5(3)6(8)9/h1-2H3,(H,8,9). The Balaban J connectivity index is 3.17. The van der Waals surface area contributed by atoms with E-state index in [4.69, 9.17) is 5.11 Å².